The molecule has 0 spiro atoms. The van der Waals surface area contributed by atoms with E-state index in [9.17, 15) is 9.59 Å². The van der Waals surface area contributed by atoms with Crippen molar-refractivity contribution in [1.29, 1.82) is 0 Å². The van der Waals surface area contributed by atoms with Crippen LogP contribution in [0.25, 0.3) is 10.8 Å². The lowest BCUT2D eigenvalue weighted by Gasteiger charge is -2.13. The van der Waals surface area contributed by atoms with Crippen LogP contribution in [-0.2, 0) is 14.3 Å². The molecule has 0 aromatic heterocycles. The number of anilines is 1. The van der Waals surface area contributed by atoms with Crippen molar-refractivity contribution in [2.24, 2.45) is 0 Å². The highest BCUT2D eigenvalue weighted by Gasteiger charge is 2.11. The van der Waals surface area contributed by atoms with Gasteiger partial charge >= 0.3 is 5.97 Å². The molecular weight excluding hydrogens is 398 g/mol. The Kier molecular flexibility index (Phi) is 7.70. The third kappa shape index (κ3) is 6.37. The number of benzene rings is 3. The number of ether oxygens (including phenoxy) is 4. The molecule has 1 amide bonds. The van der Waals surface area contributed by atoms with Crippen LogP contribution in [0.15, 0.2) is 60.7 Å². The third-order valence-corrected chi connectivity index (χ3v) is 4.27. The van der Waals surface area contributed by atoms with E-state index < -0.39 is 18.5 Å². The molecule has 3 aromatic carbocycles. The van der Waals surface area contributed by atoms with E-state index >= 15 is 0 Å². The van der Waals surface area contributed by atoms with Gasteiger partial charge in [-0.3, -0.25) is 4.79 Å². The van der Waals surface area contributed by atoms with Gasteiger partial charge in [0.25, 0.3) is 5.91 Å². The molecule has 162 valence electrons. The molecule has 3 rings (SSSR count). The fraction of sp³-hybridized carbons (Fsp3) is 0.250. The number of hydrogen-bond donors (Lipinski definition) is 1. The van der Waals surface area contributed by atoms with Gasteiger partial charge in [-0.25, -0.2) is 4.79 Å². The Bertz CT molecular complexity index is 1050. The van der Waals surface area contributed by atoms with Gasteiger partial charge in [0.15, 0.2) is 24.7 Å². The van der Waals surface area contributed by atoms with E-state index in [0.29, 0.717) is 36.1 Å². The van der Waals surface area contributed by atoms with Crippen LogP contribution in [0.5, 0.6) is 17.2 Å². The molecule has 0 bridgehead atoms. The molecule has 0 heterocycles. The van der Waals surface area contributed by atoms with E-state index in [1.807, 2.05) is 50.2 Å². The number of carbonyl (C=O) groups is 2. The van der Waals surface area contributed by atoms with Crippen LogP contribution in [0.1, 0.15) is 13.8 Å². The van der Waals surface area contributed by atoms with Crippen LogP contribution in [-0.4, -0.2) is 38.3 Å². The molecule has 0 aliphatic heterocycles. The lowest BCUT2D eigenvalue weighted by molar-refractivity contribution is -0.149. The van der Waals surface area contributed by atoms with Gasteiger partial charge in [-0.2, -0.15) is 0 Å². The first kappa shape index (κ1) is 22.0. The predicted octanol–water partition coefficient (Wildman–Crippen LogP) is 4.20. The van der Waals surface area contributed by atoms with E-state index in [2.05, 4.69) is 5.32 Å². The van der Waals surface area contributed by atoms with Gasteiger partial charge in [-0.15, -0.1) is 0 Å². The lowest BCUT2D eigenvalue weighted by Crippen LogP contribution is -2.23. The maximum atomic E-state index is 12.1. The number of rotatable bonds is 10. The van der Waals surface area contributed by atoms with E-state index in [0.717, 1.165) is 10.8 Å². The molecule has 0 atom stereocenters. The Morgan fingerprint density at radius 2 is 1.52 bits per heavy atom. The summed E-state index contributed by atoms with van der Waals surface area (Å²) in [5.74, 6) is 0.580. The maximum absolute atomic E-state index is 12.1. The van der Waals surface area contributed by atoms with Crippen molar-refractivity contribution in [2.75, 3.05) is 31.7 Å². The Morgan fingerprint density at radius 1 is 0.774 bits per heavy atom. The second kappa shape index (κ2) is 10.9. The minimum Gasteiger partial charge on any atom is -0.490 e. The predicted molar refractivity (Wildman–Crippen MR) is 118 cm³/mol. The number of amides is 1. The van der Waals surface area contributed by atoms with Gasteiger partial charge in [0, 0.05) is 11.8 Å². The summed E-state index contributed by atoms with van der Waals surface area (Å²) in [4.78, 5) is 24.0. The molecule has 0 aliphatic carbocycles. The third-order valence-electron chi connectivity index (χ3n) is 4.27. The minimum atomic E-state index is -0.634. The highest BCUT2D eigenvalue weighted by atomic mass is 16.6. The average Bonchev–Trinajstić information content (AvgIpc) is 2.78. The van der Waals surface area contributed by atoms with E-state index in [4.69, 9.17) is 18.9 Å². The summed E-state index contributed by atoms with van der Waals surface area (Å²) in [6.07, 6.45) is 0. The van der Waals surface area contributed by atoms with Crippen molar-refractivity contribution in [3.05, 3.63) is 60.7 Å². The number of carbonyl (C=O) groups excluding carboxylic acids is 2. The maximum Gasteiger partial charge on any atom is 0.344 e. The normalized spacial score (nSPS) is 10.4. The van der Waals surface area contributed by atoms with Gasteiger partial charge in [0.2, 0.25) is 0 Å². The molecule has 31 heavy (non-hydrogen) atoms. The van der Waals surface area contributed by atoms with Gasteiger partial charge < -0.3 is 24.3 Å². The number of nitrogens with one attached hydrogen (secondary N) is 1. The SMILES string of the molecule is CCOc1ccc(NC(=O)COC(=O)COc2ccc3ccccc3c2)cc1OCC. The number of esters is 1. The topological polar surface area (TPSA) is 83.1 Å². The van der Waals surface area contributed by atoms with Crippen molar-refractivity contribution in [1.82, 2.24) is 0 Å². The first-order valence-corrected chi connectivity index (χ1v) is 10.1. The van der Waals surface area contributed by atoms with Crippen LogP contribution in [0.2, 0.25) is 0 Å². The van der Waals surface area contributed by atoms with Crippen LogP contribution < -0.4 is 19.5 Å². The quantitative estimate of drug-likeness (QED) is 0.492. The zero-order valence-electron chi connectivity index (χ0n) is 17.6. The highest BCUT2D eigenvalue weighted by molar-refractivity contribution is 5.93. The summed E-state index contributed by atoms with van der Waals surface area (Å²) in [5.41, 5.74) is 0.514. The molecular formula is C24H25NO6. The fourth-order valence-corrected chi connectivity index (χ4v) is 2.91. The Balaban J connectivity index is 1.47. The van der Waals surface area contributed by atoms with Crippen LogP contribution in [0.3, 0.4) is 0 Å². The Morgan fingerprint density at radius 3 is 2.29 bits per heavy atom. The number of hydrogen-bond acceptors (Lipinski definition) is 6. The van der Waals surface area contributed by atoms with Crippen molar-refractivity contribution >= 4 is 28.3 Å². The molecule has 0 aliphatic rings. The largest absolute Gasteiger partial charge is 0.490 e. The van der Waals surface area contributed by atoms with Crippen LogP contribution in [0, 0.1) is 0 Å². The molecule has 0 radical (unpaired) electrons. The summed E-state index contributed by atoms with van der Waals surface area (Å²) in [7, 11) is 0. The molecule has 0 saturated carbocycles. The summed E-state index contributed by atoms with van der Waals surface area (Å²) >= 11 is 0. The lowest BCUT2D eigenvalue weighted by atomic mass is 10.1. The van der Waals surface area contributed by atoms with Gasteiger partial charge in [0.1, 0.15) is 5.75 Å². The van der Waals surface area contributed by atoms with Crippen molar-refractivity contribution in [2.45, 2.75) is 13.8 Å². The molecule has 3 aromatic rings. The van der Waals surface area contributed by atoms with E-state index in [1.54, 1.807) is 24.3 Å². The standard InChI is InChI=1S/C24H25NO6/c1-3-28-21-12-10-19(14-22(21)29-4-2)25-23(26)15-31-24(27)16-30-20-11-9-17-7-5-6-8-18(17)13-20/h5-14H,3-4,15-16H2,1-2H3,(H,25,26). The molecule has 0 unspecified atom stereocenters. The van der Waals surface area contributed by atoms with Crippen molar-refractivity contribution in [3.8, 4) is 17.2 Å². The van der Waals surface area contributed by atoms with Crippen LogP contribution in [0.4, 0.5) is 5.69 Å². The van der Waals surface area contributed by atoms with Crippen molar-refractivity contribution < 1.29 is 28.5 Å². The second-order valence-electron chi connectivity index (χ2n) is 6.53. The first-order valence-electron chi connectivity index (χ1n) is 10.1. The van der Waals surface area contributed by atoms with Crippen molar-refractivity contribution in [3.63, 3.8) is 0 Å². The summed E-state index contributed by atoms with van der Waals surface area (Å²) < 4.78 is 21.5. The Labute approximate surface area is 180 Å². The molecule has 7 heteroatoms. The summed E-state index contributed by atoms with van der Waals surface area (Å²) in [5, 5.41) is 4.76. The zero-order chi connectivity index (χ0) is 22.1. The Hall–Kier alpha value is -3.74. The smallest absolute Gasteiger partial charge is 0.344 e. The van der Waals surface area contributed by atoms with Gasteiger partial charge in [0.05, 0.1) is 13.2 Å². The first-order chi connectivity index (χ1) is 15.1. The molecule has 0 fully saturated rings. The minimum absolute atomic E-state index is 0.289. The number of fused-ring (bicyclic) bond motifs is 1. The van der Waals surface area contributed by atoms with Gasteiger partial charge in [-0.05, 0) is 48.9 Å². The molecule has 7 nitrogen and oxygen atoms in total. The molecule has 1 N–H and O–H groups in total. The van der Waals surface area contributed by atoms with Crippen LogP contribution >= 0.6 is 0 Å². The molecule has 0 saturated heterocycles. The summed E-state index contributed by atoms with van der Waals surface area (Å²) in [6.45, 7) is 4.00. The zero-order valence-corrected chi connectivity index (χ0v) is 17.6. The van der Waals surface area contributed by atoms with E-state index in [-0.39, 0.29) is 6.61 Å². The average molecular weight is 423 g/mol. The monoisotopic (exact) mass is 423 g/mol. The highest BCUT2D eigenvalue weighted by Crippen LogP contribution is 2.30. The second-order valence-corrected chi connectivity index (χ2v) is 6.53. The summed E-state index contributed by atoms with van der Waals surface area (Å²) in [6, 6.07) is 18.5. The van der Waals surface area contributed by atoms with E-state index in [1.165, 1.54) is 0 Å². The fourth-order valence-electron chi connectivity index (χ4n) is 2.91. The van der Waals surface area contributed by atoms with Gasteiger partial charge in [-0.1, -0.05) is 30.3 Å².